The molecule has 2 aromatic rings. The Morgan fingerprint density at radius 2 is 1.82 bits per heavy atom. The minimum Gasteiger partial charge on any atom is -0.497 e. The first kappa shape index (κ1) is 41.9. The third-order valence-electron chi connectivity index (χ3n) is 11.4. The van der Waals surface area contributed by atoms with Crippen molar-refractivity contribution in [2.24, 2.45) is 17.8 Å². The van der Waals surface area contributed by atoms with Crippen LogP contribution in [0.4, 0.5) is 9.18 Å². The Balaban J connectivity index is 1.36. The van der Waals surface area contributed by atoms with Gasteiger partial charge >= 0.3 is 6.09 Å². The fourth-order valence-electron chi connectivity index (χ4n) is 7.84. The minimum atomic E-state index is -4.40. The number of nitrogens with zero attached hydrogens (tertiary/aromatic N) is 2. The molecule has 3 fully saturated rings. The summed E-state index contributed by atoms with van der Waals surface area (Å²) in [5.41, 5.74) is -1.90. The molecule has 0 bridgehead atoms. The topological polar surface area (TPSA) is 192 Å². The van der Waals surface area contributed by atoms with Gasteiger partial charge in [-0.25, -0.2) is 22.6 Å². The van der Waals surface area contributed by atoms with Gasteiger partial charge in [-0.15, -0.1) is 0 Å². The minimum absolute atomic E-state index is 0.0394. The van der Waals surface area contributed by atoms with Gasteiger partial charge in [-0.05, 0) is 95.4 Å². The number of amides is 4. The Morgan fingerprint density at radius 1 is 1.09 bits per heavy atom. The number of carbonyl (C=O) groups excluding carboxylic acids is 4. The molecule has 2 saturated carbocycles. The average molecular weight is 816 g/mol. The van der Waals surface area contributed by atoms with Gasteiger partial charge in [-0.1, -0.05) is 26.0 Å². The van der Waals surface area contributed by atoms with Crippen LogP contribution in [0.2, 0.25) is 0 Å². The number of ether oxygens (including phenoxy) is 4. The van der Waals surface area contributed by atoms with E-state index in [1.54, 1.807) is 58.2 Å². The van der Waals surface area contributed by atoms with E-state index >= 15 is 0 Å². The van der Waals surface area contributed by atoms with Crippen molar-refractivity contribution in [3.8, 4) is 17.4 Å². The molecule has 1 saturated heterocycles. The fourth-order valence-corrected chi connectivity index (χ4v) is 9.27. The number of hydrogen-bond donors (Lipinski definition) is 3. The van der Waals surface area contributed by atoms with E-state index < -0.39 is 86.4 Å². The molecule has 57 heavy (non-hydrogen) atoms. The maximum Gasteiger partial charge on any atom is 0.408 e. The fraction of sp³-hybridized carbons (Fsp3) is 0.625. The van der Waals surface area contributed by atoms with Crippen LogP contribution in [0.5, 0.6) is 17.4 Å². The van der Waals surface area contributed by atoms with Gasteiger partial charge in [0.1, 0.15) is 46.5 Å². The van der Waals surface area contributed by atoms with Crippen LogP contribution in [0.25, 0.3) is 10.9 Å². The number of nitrogens with one attached hydrogen (secondary N) is 3. The second-order valence-corrected chi connectivity index (χ2v) is 19.1. The molecule has 15 nitrogen and oxygen atoms in total. The molecule has 3 N–H and O–H groups in total. The van der Waals surface area contributed by atoms with Gasteiger partial charge < -0.3 is 34.5 Å². The second-order valence-electron chi connectivity index (χ2n) is 17.0. The van der Waals surface area contributed by atoms with Crippen molar-refractivity contribution in [1.29, 1.82) is 0 Å². The number of aromatic nitrogens is 1. The third-order valence-corrected chi connectivity index (χ3v) is 13.5. The number of methoxy groups -OCH3 is 2. The number of pyridine rings is 1. The zero-order valence-electron chi connectivity index (χ0n) is 33.6. The number of sulfonamides is 1. The Labute approximate surface area is 332 Å². The van der Waals surface area contributed by atoms with Gasteiger partial charge in [0.2, 0.25) is 21.8 Å². The van der Waals surface area contributed by atoms with Crippen molar-refractivity contribution < 1.29 is 50.9 Å². The Hall–Kier alpha value is -4.67. The molecule has 3 heterocycles. The van der Waals surface area contributed by atoms with Gasteiger partial charge in [0, 0.05) is 17.7 Å². The zero-order valence-corrected chi connectivity index (χ0v) is 34.4. The summed E-state index contributed by atoms with van der Waals surface area (Å²) in [5, 5.41) is 6.29. The predicted molar refractivity (Wildman–Crippen MR) is 208 cm³/mol. The Bertz CT molecular complexity index is 2040. The molecule has 312 valence electrons. The van der Waals surface area contributed by atoms with Gasteiger partial charge in [0.05, 0.1) is 26.3 Å². The van der Waals surface area contributed by atoms with Gasteiger partial charge in [-0.2, -0.15) is 0 Å². The van der Waals surface area contributed by atoms with Crippen LogP contribution < -0.4 is 29.6 Å². The molecule has 4 aliphatic rings. The highest BCUT2D eigenvalue weighted by Crippen LogP contribution is 2.48. The van der Waals surface area contributed by atoms with E-state index in [0.29, 0.717) is 29.5 Å². The molecule has 0 radical (unpaired) electrons. The number of hydrogen-bond acceptors (Lipinski definition) is 11. The van der Waals surface area contributed by atoms with E-state index in [-0.39, 0.29) is 49.8 Å². The first-order valence-electron chi connectivity index (χ1n) is 19.4. The Kier molecular flexibility index (Phi) is 11.7. The van der Waals surface area contributed by atoms with Crippen molar-refractivity contribution in [2.75, 3.05) is 27.4 Å². The summed E-state index contributed by atoms with van der Waals surface area (Å²) in [4.78, 5) is 62.4. The highest BCUT2D eigenvalue weighted by molar-refractivity contribution is 7.91. The lowest BCUT2D eigenvalue weighted by Crippen LogP contribution is -2.59. The lowest BCUT2D eigenvalue weighted by molar-refractivity contribution is -0.142. The van der Waals surface area contributed by atoms with Crippen LogP contribution in [-0.4, -0.2) is 104 Å². The van der Waals surface area contributed by atoms with E-state index in [9.17, 15) is 32.0 Å². The highest BCUT2D eigenvalue weighted by atomic mass is 32.2. The summed E-state index contributed by atoms with van der Waals surface area (Å²) >= 11 is 0. The molecule has 0 spiro atoms. The first-order chi connectivity index (χ1) is 26.8. The summed E-state index contributed by atoms with van der Waals surface area (Å²) in [7, 11) is -1.41. The molecule has 4 amide bonds. The van der Waals surface area contributed by atoms with Crippen molar-refractivity contribution in [3.05, 3.63) is 36.4 Å². The van der Waals surface area contributed by atoms with Gasteiger partial charge in [0.25, 0.3) is 11.8 Å². The molecule has 2 aliphatic carbocycles. The van der Waals surface area contributed by atoms with Crippen LogP contribution in [-0.2, 0) is 29.1 Å². The molecule has 1 aromatic carbocycles. The van der Waals surface area contributed by atoms with E-state index in [1.807, 2.05) is 19.9 Å². The number of allylic oxidation sites excluding steroid dienone is 1. The van der Waals surface area contributed by atoms with Crippen molar-refractivity contribution in [1.82, 2.24) is 25.2 Å². The van der Waals surface area contributed by atoms with Crippen molar-refractivity contribution >= 4 is 44.7 Å². The number of alkyl halides is 1. The normalized spacial score (nSPS) is 28.8. The molecular formula is C40H54FN5O10S. The van der Waals surface area contributed by atoms with Crippen LogP contribution in [0.1, 0.15) is 79.6 Å². The lowest BCUT2D eigenvalue weighted by atomic mass is 9.88. The van der Waals surface area contributed by atoms with Crippen LogP contribution in [0.15, 0.2) is 36.4 Å². The summed E-state index contributed by atoms with van der Waals surface area (Å²) < 4.78 is 63.6. The van der Waals surface area contributed by atoms with Crippen LogP contribution >= 0.6 is 0 Å². The predicted octanol–water partition coefficient (Wildman–Crippen LogP) is 4.33. The molecule has 7 unspecified atom stereocenters. The first-order valence-corrected chi connectivity index (χ1v) is 20.9. The zero-order chi connectivity index (χ0) is 41.5. The number of fused-ring (bicyclic) bond motifs is 3. The standard InChI is InChI=1S/C40H54FN5O10S/c1-23-10-8-9-11-26-20-40(26,36(49)45-57(51,52)39(22-41)14-15-39)44-33(47)30-19-28(55-31-18-25-17-27(53-6)12-13-29(25)42-34(31)54-7)21-46(30)35(48)32(24(2)16-23)43-37(50)56-38(3,4)5/h9,11-13,17-18,23-24,26,28,30,32H,8,10,14-16,19-22H2,1-7H3,(H,43,50)(H,44,47)(H,45,49). The van der Waals surface area contributed by atoms with E-state index in [2.05, 4.69) is 20.3 Å². The highest BCUT2D eigenvalue weighted by Gasteiger charge is 2.64. The number of halogens is 1. The Morgan fingerprint density at radius 3 is 2.47 bits per heavy atom. The summed E-state index contributed by atoms with van der Waals surface area (Å²) in [6.07, 6.45) is 4.22. The van der Waals surface area contributed by atoms with E-state index in [0.717, 1.165) is 6.42 Å². The maximum absolute atomic E-state index is 14.8. The molecule has 2 aliphatic heterocycles. The van der Waals surface area contributed by atoms with E-state index in [4.69, 9.17) is 18.9 Å². The van der Waals surface area contributed by atoms with Crippen molar-refractivity contribution in [3.63, 3.8) is 0 Å². The van der Waals surface area contributed by atoms with Crippen LogP contribution in [0.3, 0.4) is 0 Å². The van der Waals surface area contributed by atoms with E-state index in [1.165, 1.54) is 12.0 Å². The number of carbonyl (C=O) groups is 4. The molecular weight excluding hydrogens is 762 g/mol. The smallest absolute Gasteiger partial charge is 0.408 e. The summed E-state index contributed by atoms with van der Waals surface area (Å²) in [6.45, 7) is 7.81. The molecule has 7 atom stereocenters. The van der Waals surface area contributed by atoms with Gasteiger partial charge in [-0.3, -0.25) is 19.1 Å². The largest absolute Gasteiger partial charge is 0.497 e. The maximum atomic E-state index is 14.8. The SMILES string of the molecule is COc1ccc2nc(OC)c(OC3CC4C(=O)NC5(C(=O)NS(=O)(=O)C6(CF)CC6)CC5C=CCCC(C)CC(C)C(NC(=O)OC(C)(C)C)C(=O)N4C3)cc2c1. The number of rotatable bonds is 9. The van der Waals surface area contributed by atoms with Crippen molar-refractivity contribution in [2.45, 2.75) is 114 Å². The quantitative estimate of drug-likeness (QED) is 0.306. The molecule has 17 heteroatoms. The molecule has 6 rings (SSSR count). The van der Waals surface area contributed by atoms with Crippen LogP contribution in [0, 0.1) is 17.8 Å². The number of benzene rings is 1. The second kappa shape index (κ2) is 15.9. The third kappa shape index (κ3) is 8.92. The molecule has 1 aromatic heterocycles. The monoisotopic (exact) mass is 815 g/mol. The average Bonchev–Trinajstić information content (AvgIpc) is 4.05. The number of alkyl carbamates (subject to hydrolysis) is 1. The lowest BCUT2D eigenvalue weighted by Gasteiger charge is -2.33. The summed E-state index contributed by atoms with van der Waals surface area (Å²) in [5.74, 6) is -2.06. The van der Waals surface area contributed by atoms with Gasteiger partial charge in [0.15, 0.2) is 5.75 Å². The summed E-state index contributed by atoms with van der Waals surface area (Å²) in [6, 6.07) is 4.72.